The monoisotopic (exact) mass is 506 g/mol. The van der Waals surface area contributed by atoms with E-state index in [0.717, 1.165) is 82.3 Å². The zero-order valence-corrected chi connectivity index (χ0v) is 20.3. The Labute approximate surface area is 201 Å². The molecule has 1 aromatic heterocycles. The molecule has 7 heteroatoms. The van der Waals surface area contributed by atoms with Gasteiger partial charge in [0, 0.05) is 84.7 Å². The van der Waals surface area contributed by atoms with Crippen LogP contribution in [0.3, 0.4) is 0 Å². The third-order valence-corrected chi connectivity index (χ3v) is 8.09. The number of halogens is 1. The van der Waals surface area contributed by atoms with Crippen molar-refractivity contribution in [1.29, 1.82) is 0 Å². The number of nitrogens with zero attached hydrogens (tertiary/aromatic N) is 2. The summed E-state index contributed by atoms with van der Waals surface area (Å²) in [6, 6.07) is 10.5. The van der Waals surface area contributed by atoms with Crippen molar-refractivity contribution in [2.75, 3.05) is 51.3 Å². The van der Waals surface area contributed by atoms with Crippen LogP contribution in [-0.4, -0.2) is 63.4 Å². The van der Waals surface area contributed by atoms with Crippen molar-refractivity contribution >= 4 is 44.5 Å². The molecule has 6 rings (SSSR count). The number of nitrogens with one attached hydrogen (secondary N) is 2. The van der Waals surface area contributed by atoms with Crippen LogP contribution in [0.5, 0.6) is 0 Å². The van der Waals surface area contributed by atoms with E-state index in [1.165, 1.54) is 5.69 Å². The Morgan fingerprint density at radius 2 is 1.94 bits per heavy atom. The van der Waals surface area contributed by atoms with Crippen molar-refractivity contribution in [3.8, 4) is 0 Å². The molecule has 0 bridgehead atoms. The van der Waals surface area contributed by atoms with Gasteiger partial charge in [0.15, 0.2) is 5.78 Å². The molecule has 0 saturated carbocycles. The lowest BCUT2D eigenvalue weighted by atomic mass is 9.64. The number of anilines is 1. The Morgan fingerprint density at radius 1 is 1.15 bits per heavy atom. The molecule has 1 spiro atoms. The standard InChI is InChI=1S/C26H27BrN4O2/c1-28-15-16-2-3-17-21(12-16)30-25-23(17)24(32)18-13-20(27)22(31-8-6-29-7-9-31)14-19(18)26(25)4-10-33-11-5-26/h2-3,12-15,29-30H,4-11H2,1H3. The average molecular weight is 507 g/mol. The molecule has 3 aromatic rings. The zero-order chi connectivity index (χ0) is 22.6. The maximum absolute atomic E-state index is 13.9. The number of fused-ring (bicyclic) bond motifs is 6. The van der Waals surface area contributed by atoms with Gasteiger partial charge in [-0.25, -0.2) is 0 Å². The molecule has 0 amide bonds. The number of ketones is 1. The lowest BCUT2D eigenvalue weighted by Gasteiger charge is -2.42. The average Bonchev–Trinajstić information content (AvgIpc) is 3.24. The minimum atomic E-state index is -0.252. The van der Waals surface area contributed by atoms with Gasteiger partial charge in [0.2, 0.25) is 0 Å². The number of aromatic amines is 1. The maximum Gasteiger partial charge on any atom is 0.195 e. The topological polar surface area (TPSA) is 69.7 Å². The van der Waals surface area contributed by atoms with Crippen LogP contribution >= 0.6 is 15.9 Å². The van der Waals surface area contributed by atoms with Crippen molar-refractivity contribution < 1.29 is 9.53 Å². The van der Waals surface area contributed by atoms with Crippen LogP contribution in [-0.2, 0) is 10.2 Å². The summed E-state index contributed by atoms with van der Waals surface area (Å²) in [5.41, 5.74) is 6.77. The number of hydrogen-bond acceptors (Lipinski definition) is 5. The molecule has 3 aliphatic rings. The van der Waals surface area contributed by atoms with Crippen molar-refractivity contribution in [2.45, 2.75) is 18.3 Å². The highest BCUT2D eigenvalue weighted by Crippen LogP contribution is 2.51. The van der Waals surface area contributed by atoms with Gasteiger partial charge < -0.3 is 19.9 Å². The van der Waals surface area contributed by atoms with Crippen molar-refractivity contribution in [3.05, 3.63) is 62.8 Å². The van der Waals surface area contributed by atoms with E-state index in [9.17, 15) is 4.79 Å². The van der Waals surface area contributed by atoms with Gasteiger partial charge in [-0.05, 0) is 58.1 Å². The molecular weight excluding hydrogens is 480 g/mol. The maximum atomic E-state index is 13.9. The van der Waals surface area contributed by atoms with Crippen molar-refractivity contribution in [2.24, 2.45) is 4.99 Å². The van der Waals surface area contributed by atoms with Gasteiger partial charge in [-0.3, -0.25) is 9.79 Å². The second kappa shape index (κ2) is 8.08. The van der Waals surface area contributed by atoms with Crippen molar-refractivity contribution in [1.82, 2.24) is 10.3 Å². The first kappa shape index (κ1) is 21.1. The summed E-state index contributed by atoms with van der Waals surface area (Å²) in [5.74, 6) is 0.104. The molecule has 2 N–H and O–H groups in total. The second-order valence-electron chi connectivity index (χ2n) is 9.18. The molecule has 2 aromatic carbocycles. The van der Waals surface area contributed by atoms with Crippen LogP contribution in [0.15, 0.2) is 39.8 Å². The van der Waals surface area contributed by atoms with Crippen LogP contribution in [0.25, 0.3) is 10.9 Å². The van der Waals surface area contributed by atoms with Gasteiger partial charge in [-0.2, -0.15) is 0 Å². The number of rotatable bonds is 2. The molecule has 0 unspecified atom stereocenters. The van der Waals surface area contributed by atoms with Crippen LogP contribution < -0.4 is 10.2 Å². The third kappa shape index (κ3) is 3.21. The predicted octanol–water partition coefficient (Wildman–Crippen LogP) is 4.03. The molecule has 6 nitrogen and oxygen atoms in total. The number of aliphatic imine (C=N–C) groups is 1. The Balaban J connectivity index is 1.59. The van der Waals surface area contributed by atoms with Crippen LogP contribution in [0.1, 0.15) is 45.6 Å². The molecule has 1 aliphatic carbocycles. The highest BCUT2D eigenvalue weighted by atomic mass is 79.9. The first-order valence-electron chi connectivity index (χ1n) is 11.6. The summed E-state index contributed by atoms with van der Waals surface area (Å²) >= 11 is 3.80. The van der Waals surface area contributed by atoms with E-state index in [1.807, 2.05) is 12.3 Å². The first-order valence-corrected chi connectivity index (χ1v) is 12.4. The first-order chi connectivity index (χ1) is 16.1. The number of ether oxygens (including phenoxy) is 1. The molecular formula is C26H27BrN4O2. The van der Waals surface area contributed by atoms with Gasteiger partial charge in [0.05, 0.1) is 11.3 Å². The highest BCUT2D eigenvalue weighted by molar-refractivity contribution is 9.10. The lowest BCUT2D eigenvalue weighted by Crippen LogP contribution is -2.44. The van der Waals surface area contributed by atoms with Gasteiger partial charge in [-0.1, -0.05) is 12.1 Å². The lowest BCUT2D eigenvalue weighted by molar-refractivity contribution is 0.0602. The number of piperazine rings is 1. The fraction of sp³-hybridized carbons (Fsp3) is 0.385. The van der Waals surface area contributed by atoms with E-state index in [0.29, 0.717) is 13.2 Å². The summed E-state index contributed by atoms with van der Waals surface area (Å²) in [7, 11) is 1.77. The summed E-state index contributed by atoms with van der Waals surface area (Å²) in [5, 5.41) is 4.42. The molecule has 3 heterocycles. The Bertz CT molecular complexity index is 1280. The third-order valence-electron chi connectivity index (χ3n) is 7.46. The van der Waals surface area contributed by atoms with E-state index in [4.69, 9.17) is 4.74 Å². The predicted molar refractivity (Wildman–Crippen MR) is 135 cm³/mol. The van der Waals surface area contributed by atoms with Gasteiger partial charge in [-0.15, -0.1) is 0 Å². The number of carbonyl (C=O) groups excluding carboxylic acids is 1. The SMILES string of the molecule is CN=Cc1ccc2c3c([nH]c2c1)C1(CCOCC1)c1cc(N2CCNCC2)c(Br)cc1C3=O. The van der Waals surface area contributed by atoms with Gasteiger partial charge >= 0.3 is 0 Å². The molecule has 2 fully saturated rings. The van der Waals surface area contributed by atoms with Crippen molar-refractivity contribution in [3.63, 3.8) is 0 Å². The Hall–Kier alpha value is -2.48. The zero-order valence-electron chi connectivity index (χ0n) is 18.7. The molecule has 0 radical (unpaired) electrons. The van der Waals surface area contributed by atoms with E-state index in [1.54, 1.807) is 7.05 Å². The Morgan fingerprint density at radius 3 is 2.70 bits per heavy atom. The number of benzene rings is 2. The highest BCUT2D eigenvalue weighted by Gasteiger charge is 2.47. The number of hydrogen-bond donors (Lipinski definition) is 2. The number of carbonyl (C=O) groups is 1. The van der Waals surface area contributed by atoms with Crippen LogP contribution in [0, 0.1) is 0 Å². The largest absolute Gasteiger partial charge is 0.381 e. The van der Waals surface area contributed by atoms with Crippen LogP contribution in [0.4, 0.5) is 5.69 Å². The smallest absolute Gasteiger partial charge is 0.195 e. The summed E-state index contributed by atoms with van der Waals surface area (Å²) < 4.78 is 6.79. The molecule has 33 heavy (non-hydrogen) atoms. The minimum absolute atomic E-state index is 0.104. The summed E-state index contributed by atoms with van der Waals surface area (Å²) in [6.07, 6.45) is 3.56. The minimum Gasteiger partial charge on any atom is -0.381 e. The second-order valence-corrected chi connectivity index (χ2v) is 10.0. The number of aromatic nitrogens is 1. The van der Waals surface area contributed by atoms with Gasteiger partial charge in [0.25, 0.3) is 0 Å². The van der Waals surface area contributed by atoms with E-state index in [-0.39, 0.29) is 11.2 Å². The summed E-state index contributed by atoms with van der Waals surface area (Å²) in [6.45, 7) is 5.24. The molecule has 0 atom stereocenters. The normalized spacial score (nSPS) is 19.9. The number of H-pyrrole nitrogens is 1. The van der Waals surface area contributed by atoms with Gasteiger partial charge in [0.1, 0.15) is 0 Å². The summed E-state index contributed by atoms with van der Waals surface area (Å²) in [4.78, 5) is 24.2. The van der Waals surface area contributed by atoms with E-state index >= 15 is 0 Å². The van der Waals surface area contributed by atoms with E-state index in [2.05, 4.69) is 60.4 Å². The molecule has 2 saturated heterocycles. The fourth-order valence-electron chi connectivity index (χ4n) is 5.84. The quantitative estimate of drug-likeness (QED) is 0.514. The van der Waals surface area contributed by atoms with Crippen LogP contribution in [0.2, 0.25) is 0 Å². The Kier molecular flexibility index (Phi) is 5.16. The molecule has 2 aliphatic heterocycles. The van der Waals surface area contributed by atoms with E-state index < -0.39 is 0 Å². The molecule has 170 valence electrons. The fourth-order valence-corrected chi connectivity index (χ4v) is 6.44.